The minimum absolute atomic E-state index is 0.190. The largest absolute Gasteiger partial charge is 0.300 e. The van der Waals surface area contributed by atoms with Gasteiger partial charge in [0.05, 0.1) is 0 Å². The van der Waals surface area contributed by atoms with Gasteiger partial charge in [-0.1, -0.05) is 38.7 Å². The Morgan fingerprint density at radius 3 is 2.30 bits per heavy atom. The summed E-state index contributed by atoms with van der Waals surface area (Å²) in [6, 6.07) is 0. The molecule has 20 heavy (non-hydrogen) atoms. The molecule has 1 aliphatic rings. The van der Waals surface area contributed by atoms with E-state index in [-0.39, 0.29) is 11.2 Å². The van der Waals surface area contributed by atoms with Crippen LogP contribution in [0, 0.1) is 11.3 Å². The first-order chi connectivity index (χ1) is 8.98. The molecule has 1 saturated carbocycles. The molecule has 3 atom stereocenters. The molecule has 0 radical (unpaired) electrons. The summed E-state index contributed by atoms with van der Waals surface area (Å²) in [6.45, 7) is 16.9. The maximum absolute atomic E-state index is 12.8. The second-order valence-corrected chi connectivity index (χ2v) is 13.4. The highest BCUT2D eigenvalue weighted by atomic mass is 28.3. The Hall–Kier alpha value is -0.703. The SMILES string of the molecule is C=C(C)[C@H]1CC(=O)[C@@](C)(CCC(C)=O)[C@H]([Si](C)(C)C)C1. The highest BCUT2D eigenvalue weighted by Crippen LogP contribution is 2.53. The van der Waals surface area contributed by atoms with E-state index >= 15 is 0 Å². The van der Waals surface area contributed by atoms with Crippen molar-refractivity contribution in [1.82, 2.24) is 0 Å². The zero-order valence-electron chi connectivity index (χ0n) is 14.0. The Kier molecular flexibility index (Phi) is 5.17. The summed E-state index contributed by atoms with van der Waals surface area (Å²) in [5.41, 5.74) is 1.27. The molecule has 0 heterocycles. The van der Waals surface area contributed by atoms with Crippen molar-refractivity contribution in [2.75, 3.05) is 0 Å². The fourth-order valence-electron chi connectivity index (χ4n) is 3.71. The van der Waals surface area contributed by atoms with Crippen molar-refractivity contribution in [1.29, 1.82) is 0 Å². The highest BCUT2D eigenvalue weighted by molar-refractivity contribution is 6.78. The molecule has 0 aromatic carbocycles. The van der Waals surface area contributed by atoms with Crippen LogP contribution in [0.25, 0.3) is 0 Å². The smallest absolute Gasteiger partial charge is 0.139 e. The molecule has 0 aromatic heterocycles. The lowest BCUT2D eigenvalue weighted by atomic mass is 9.66. The van der Waals surface area contributed by atoms with E-state index in [2.05, 4.69) is 33.1 Å². The molecule has 0 unspecified atom stereocenters. The maximum Gasteiger partial charge on any atom is 0.139 e. The van der Waals surface area contributed by atoms with Crippen molar-refractivity contribution in [2.24, 2.45) is 11.3 Å². The number of hydrogen-bond acceptors (Lipinski definition) is 2. The van der Waals surface area contributed by atoms with E-state index in [9.17, 15) is 9.59 Å². The average Bonchev–Trinajstić information content (AvgIpc) is 2.28. The molecule has 1 aliphatic carbocycles. The lowest BCUT2D eigenvalue weighted by molar-refractivity contribution is -0.132. The van der Waals surface area contributed by atoms with Gasteiger partial charge in [0.25, 0.3) is 0 Å². The number of hydrogen-bond donors (Lipinski definition) is 0. The molecule has 1 rings (SSSR count). The summed E-state index contributed by atoms with van der Waals surface area (Å²) >= 11 is 0. The second kappa shape index (κ2) is 5.96. The van der Waals surface area contributed by atoms with E-state index in [1.165, 1.54) is 0 Å². The first kappa shape index (κ1) is 17.3. The molecule has 1 fully saturated rings. The zero-order valence-corrected chi connectivity index (χ0v) is 15.0. The summed E-state index contributed by atoms with van der Waals surface area (Å²) in [5.74, 6) is 0.880. The van der Waals surface area contributed by atoms with Gasteiger partial charge in [-0.15, -0.1) is 0 Å². The second-order valence-electron chi connectivity index (χ2n) is 7.94. The molecule has 0 aromatic rings. The van der Waals surface area contributed by atoms with Crippen LogP contribution in [0.15, 0.2) is 12.2 Å². The summed E-state index contributed by atoms with van der Waals surface area (Å²) in [5, 5.41) is 0. The van der Waals surface area contributed by atoms with Gasteiger partial charge in [-0.3, -0.25) is 4.79 Å². The molecular weight excluding hydrogens is 264 g/mol. The Balaban J connectivity index is 3.09. The lowest BCUT2D eigenvalue weighted by Gasteiger charge is -2.49. The molecule has 2 nitrogen and oxygen atoms in total. The third kappa shape index (κ3) is 3.69. The van der Waals surface area contributed by atoms with Crippen LogP contribution in [0.3, 0.4) is 0 Å². The van der Waals surface area contributed by atoms with Crippen LogP contribution < -0.4 is 0 Å². The molecule has 0 spiro atoms. The van der Waals surface area contributed by atoms with Gasteiger partial charge in [0, 0.05) is 26.3 Å². The van der Waals surface area contributed by atoms with Crippen molar-refractivity contribution in [2.45, 2.75) is 71.6 Å². The van der Waals surface area contributed by atoms with Gasteiger partial charge in [0.1, 0.15) is 11.6 Å². The van der Waals surface area contributed by atoms with Crippen molar-refractivity contribution in [3.8, 4) is 0 Å². The summed E-state index contributed by atoms with van der Waals surface area (Å²) in [6.07, 6.45) is 2.94. The van der Waals surface area contributed by atoms with Crippen LogP contribution in [0.2, 0.25) is 25.2 Å². The van der Waals surface area contributed by atoms with E-state index in [0.717, 1.165) is 18.4 Å². The van der Waals surface area contributed by atoms with Crippen LogP contribution in [0.4, 0.5) is 0 Å². The summed E-state index contributed by atoms with van der Waals surface area (Å²) in [7, 11) is -1.47. The monoisotopic (exact) mass is 294 g/mol. The summed E-state index contributed by atoms with van der Waals surface area (Å²) < 4.78 is 0. The molecule has 0 saturated heterocycles. The van der Waals surface area contributed by atoms with E-state index in [1.54, 1.807) is 6.92 Å². The van der Waals surface area contributed by atoms with E-state index in [0.29, 0.717) is 30.1 Å². The van der Waals surface area contributed by atoms with Gasteiger partial charge in [0.15, 0.2) is 0 Å². The fourth-order valence-corrected chi connectivity index (χ4v) is 6.92. The first-order valence-electron chi connectivity index (χ1n) is 7.66. The van der Waals surface area contributed by atoms with Crippen LogP contribution >= 0.6 is 0 Å². The number of rotatable bonds is 5. The van der Waals surface area contributed by atoms with Crippen LogP contribution in [-0.2, 0) is 9.59 Å². The number of carbonyl (C=O) groups excluding carboxylic acids is 2. The standard InChI is InChI=1S/C17H30O2Si/c1-12(2)14-10-15(19)17(4,9-8-13(3)18)16(11-14)20(5,6)7/h14,16H,1,8-11H2,2-7H3/t14-,16+,17+/m0/s1. The lowest BCUT2D eigenvalue weighted by Crippen LogP contribution is -2.49. The minimum Gasteiger partial charge on any atom is -0.300 e. The van der Waals surface area contributed by atoms with E-state index in [1.807, 2.05) is 6.92 Å². The van der Waals surface area contributed by atoms with Crippen molar-refractivity contribution >= 4 is 19.6 Å². The molecule has 0 N–H and O–H groups in total. The van der Waals surface area contributed by atoms with Gasteiger partial charge in [-0.2, -0.15) is 0 Å². The van der Waals surface area contributed by atoms with Crippen molar-refractivity contribution in [3.63, 3.8) is 0 Å². The Labute approximate surface area is 125 Å². The minimum atomic E-state index is -1.47. The third-order valence-corrected chi connectivity index (χ3v) is 8.06. The number of Topliss-reactive ketones (excluding diaryl/α,β-unsaturated/α-hetero) is 2. The maximum atomic E-state index is 12.8. The van der Waals surface area contributed by atoms with Gasteiger partial charge >= 0.3 is 0 Å². The number of ketones is 2. The van der Waals surface area contributed by atoms with Crippen LogP contribution in [-0.4, -0.2) is 19.6 Å². The van der Waals surface area contributed by atoms with Gasteiger partial charge in [-0.05, 0) is 38.1 Å². The quantitative estimate of drug-likeness (QED) is 0.547. The first-order valence-corrected chi connectivity index (χ1v) is 11.2. The molecule has 114 valence electrons. The van der Waals surface area contributed by atoms with E-state index < -0.39 is 8.07 Å². The van der Waals surface area contributed by atoms with E-state index in [4.69, 9.17) is 0 Å². The predicted molar refractivity (Wildman–Crippen MR) is 87.7 cm³/mol. The molecule has 0 aliphatic heterocycles. The van der Waals surface area contributed by atoms with Crippen molar-refractivity contribution in [3.05, 3.63) is 12.2 Å². The topological polar surface area (TPSA) is 34.1 Å². The third-order valence-electron chi connectivity index (χ3n) is 5.10. The average molecular weight is 295 g/mol. The van der Waals surface area contributed by atoms with Crippen LogP contribution in [0.5, 0.6) is 0 Å². The summed E-state index contributed by atoms with van der Waals surface area (Å²) in [4.78, 5) is 24.1. The van der Waals surface area contributed by atoms with Crippen molar-refractivity contribution < 1.29 is 9.59 Å². The molecular formula is C17H30O2Si. The molecule has 0 amide bonds. The number of allylic oxidation sites excluding steroid dienone is 1. The Morgan fingerprint density at radius 1 is 1.35 bits per heavy atom. The van der Waals surface area contributed by atoms with Gasteiger partial charge in [0.2, 0.25) is 0 Å². The fraction of sp³-hybridized carbons (Fsp3) is 0.765. The predicted octanol–water partition coefficient (Wildman–Crippen LogP) is 4.63. The highest BCUT2D eigenvalue weighted by Gasteiger charge is 2.50. The molecule has 3 heteroatoms. The normalized spacial score (nSPS) is 31.2. The Morgan fingerprint density at radius 2 is 1.90 bits per heavy atom. The van der Waals surface area contributed by atoms with Gasteiger partial charge in [-0.25, -0.2) is 0 Å². The van der Waals surface area contributed by atoms with Crippen LogP contribution in [0.1, 0.15) is 46.5 Å². The molecule has 0 bridgehead atoms. The number of carbonyl (C=O) groups is 2. The Bertz CT molecular complexity index is 419. The van der Waals surface area contributed by atoms with Gasteiger partial charge < -0.3 is 4.79 Å². The zero-order chi connectivity index (χ0) is 15.7.